The van der Waals surface area contributed by atoms with Crippen molar-refractivity contribution >= 4 is 28.6 Å². The summed E-state index contributed by atoms with van der Waals surface area (Å²) in [6.45, 7) is 1.24. The third-order valence-corrected chi connectivity index (χ3v) is 4.45. The first-order chi connectivity index (χ1) is 10.0. The summed E-state index contributed by atoms with van der Waals surface area (Å²) in [5.74, 6) is -0.144. The second kappa shape index (κ2) is 6.36. The van der Waals surface area contributed by atoms with Gasteiger partial charge in [-0.25, -0.2) is 0 Å². The summed E-state index contributed by atoms with van der Waals surface area (Å²) in [7, 11) is 0. The number of phenols is 3. The minimum absolute atomic E-state index is 0. The van der Waals surface area contributed by atoms with E-state index in [0.29, 0.717) is 6.54 Å². The zero-order chi connectivity index (χ0) is 15.0. The third kappa shape index (κ3) is 2.89. The van der Waals surface area contributed by atoms with Crippen LogP contribution in [-0.4, -0.2) is 28.4 Å². The minimum atomic E-state index is -0.856. The highest BCUT2D eigenvalue weighted by Gasteiger charge is 2.36. The number of phenolic OH excluding ortho intramolecular Hbond substituents is 3. The third-order valence-electron chi connectivity index (χ3n) is 3.89. The maximum absolute atomic E-state index is 9.82. The number of hydrogen-bond donors (Lipinski definition) is 4. The van der Waals surface area contributed by atoms with E-state index in [1.807, 2.05) is 0 Å². The van der Waals surface area contributed by atoms with Gasteiger partial charge in [-0.3, -0.25) is 0 Å². The molecule has 0 aliphatic carbocycles. The van der Waals surface area contributed by atoms with E-state index in [1.54, 1.807) is 30.3 Å². The Kier molecular flexibility index (Phi) is 4.90. The SMILES string of the molecule is Br.Oc1ccc(C2(Cl)CNCCc3cc(O)c(O)cc32)cc1. The molecule has 0 saturated heterocycles. The number of benzene rings is 2. The second-order valence-electron chi connectivity index (χ2n) is 5.27. The van der Waals surface area contributed by atoms with Crippen molar-refractivity contribution in [3.63, 3.8) is 0 Å². The largest absolute Gasteiger partial charge is 0.508 e. The molecule has 1 aliphatic rings. The molecule has 2 aromatic carbocycles. The molecule has 6 heteroatoms. The van der Waals surface area contributed by atoms with Gasteiger partial charge >= 0.3 is 0 Å². The summed E-state index contributed by atoms with van der Waals surface area (Å²) in [5.41, 5.74) is 2.50. The monoisotopic (exact) mass is 385 g/mol. The normalized spacial score (nSPS) is 20.6. The lowest BCUT2D eigenvalue weighted by atomic mass is 9.87. The fourth-order valence-electron chi connectivity index (χ4n) is 2.76. The molecule has 0 aromatic heterocycles. The van der Waals surface area contributed by atoms with Gasteiger partial charge in [0, 0.05) is 6.54 Å². The van der Waals surface area contributed by atoms with Crippen molar-refractivity contribution in [3.05, 3.63) is 53.1 Å². The Morgan fingerprint density at radius 1 is 1.00 bits per heavy atom. The number of aromatic hydroxyl groups is 3. The maximum atomic E-state index is 9.82. The summed E-state index contributed by atoms with van der Waals surface area (Å²) in [4.78, 5) is -0.856. The highest BCUT2D eigenvalue weighted by atomic mass is 79.9. The number of nitrogens with one attached hydrogen (secondary N) is 1. The van der Waals surface area contributed by atoms with Crippen LogP contribution in [0.1, 0.15) is 16.7 Å². The van der Waals surface area contributed by atoms with Crippen LogP contribution in [0.2, 0.25) is 0 Å². The molecule has 0 fully saturated rings. The van der Waals surface area contributed by atoms with Crippen molar-refractivity contribution < 1.29 is 15.3 Å². The lowest BCUT2D eigenvalue weighted by Crippen LogP contribution is -2.33. The summed E-state index contributed by atoms with van der Waals surface area (Å²) >= 11 is 6.88. The van der Waals surface area contributed by atoms with Crippen molar-refractivity contribution in [1.82, 2.24) is 5.32 Å². The van der Waals surface area contributed by atoms with E-state index in [-0.39, 0.29) is 34.2 Å². The smallest absolute Gasteiger partial charge is 0.157 e. The van der Waals surface area contributed by atoms with Crippen LogP contribution in [0.5, 0.6) is 17.2 Å². The Balaban J connectivity index is 0.00000176. The van der Waals surface area contributed by atoms with E-state index in [0.717, 1.165) is 29.7 Å². The van der Waals surface area contributed by atoms with Crippen LogP contribution in [0.25, 0.3) is 0 Å². The van der Waals surface area contributed by atoms with E-state index in [2.05, 4.69) is 5.32 Å². The van der Waals surface area contributed by atoms with Gasteiger partial charge in [0.25, 0.3) is 0 Å². The first-order valence-electron chi connectivity index (χ1n) is 6.75. The summed E-state index contributed by atoms with van der Waals surface area (Å²) in [6, 6.07) is 9.80. The van der Waals surface area contributed by atoms with Crippen LogP contribution in [0.4, 0.5) is 0 Å². The van der Waals surface area contributed by atoms with Crippen LogP contribution in [-0.2, 0) is 11.3 Å². The zero-order valence-corrected chi connectivity index (χ0v) is 14.2. The van der Waals surface area contributed by atoms with Gasteiger partial charge in [0.05, 0.1) is 0 Å². The first-order valence-corrected chi connectivity index (χ1v) is 7.13. The molecule has 118 valence electrons. The highest BCUT2D eigenvalue weighted by molar-refractivity contribution is 8.93. The molecule has 1 aliphatic heterocycles. The predicted octanol–water partition coefficient (Wildman–Crippen LogP) is 3.01. The number of rotatable bonds is 1. The molecule has 0 radical (unpaired) electrons. The predicted molar refractivity (Wildman–Crippen MR) is 91.4 cm³/mol. The first kappa shape index (κ1) is 16.9. The maximum Gasteiger partial charge on any atom is 0.157 e. The Morgan fingerprint density at radius 2 is 1.64 bits per heavy atom. The van der Waals surface area contributed by atoms with Gasteiger partial charge < -0.3 is 20.6 Å². The fourth-order valence-corrected chi connectivity index (χ4v) is 3.15. The molecule has 2 aromatic rings. The van der Waals surface area contributed by atoms with Gasteiger partial charge in [0.1, 0.15) is 10.6 Å². The number of alkyl halides is 1. The molecule has 0 spiro atoms. The fraction of sp³-hybridized carbons (Fsp3) is 0.250. The van der Waals surface area contributed by atoms with Gasteiger partial charge in [-0.05, 0) is 53.9 Å². The molecular weight excluding hydrogens is 370 g/mol. The standard InChI is InChI=1S/C16H16ClNO3.BrH/c17-16(11-1-3-12(19)4-2-11)9-18-6-5-10-7-14(20)15(21)8-13(10)16;/h1-4,7-8,18-21H,5-6,9H2;1H. The molecule has 4 nitrogen and oxygen atoms in total. The molecule has 1 atom stereocenters. The number of hydrogen-bond acceptors (Lipinski definition) is 4. The molecule has 1 unspecified atom stereocenters. The second-order valence-corrected chi connectivity index (χ2v) is 5.92. The topological polar surface area (TPSA) is 72.7 Å². The summed E-state index contributed by atoms with van der Waals surface area (Å²) in [5, 5.41) is 32.2. The quantitative estimate of drug-likeness (QED) is 0.449. The molecule has 3 rings (SSSR count). The van der Waals surface area contributed by atoms with Crippen LogP contribution in [0.15, 0.2) is 36.4 Å². The highest BCUT2D eigenvalue weighted by Crippen LogP contribution is 2.43. The van der Waals surface area contributed by atoms with Crippen LogP contribution in [0, 0.1) is 0 Å². The van der Waals surface area contributed by atoms with E-state index >= 15 is 0 Å². The van der Waals surface area contributed by atoms with E-state index < -0.39 is 4.87 Å². The molecule has 4 N–H and O–H groups in total. The van der Waals surface area contributed by atoms with E-state index in [1.165, 1.54) is 6.07 Å². The number of fused-ring (bicyclic) bond motifs is 1. The molecular formula is C16H17BrClNO3. The molecule has 0 saturated carbocycles. The van der Waals surface area contributed by atoms with Crippen molar-refractivity contribution in [2.45, 2.75) is 11.3 Å². The molecule has 0 amide bonds. The van der Waals surface area contributed by atoms with Crippen LogP contribution >= 0.6 is 28.6 Å². The molecule has 22 heavy (non-hydrogen) atoms. The summed E-state index contributed by atoms with van der Waals surface area (Å²) < 4.78 is 0. The Morgan fingerprint density at radius 3 is 2.32 bits per heavy atom. The van der Waals surface area contributed by atoms with Gasteiger partial charge in [0.2, 0.25) is 0 Å². The lowest BCUT2D eigenvalue weighted by Gasteiger charge is -2.28. The lowest BCUT2D eigenvalue weighted by molar-refractivity contribution is 0.402. The Labute approximate surface area is 144 Å². The van der Waals surface area contributed by atoms with Gasteiger partial charge in [-0.2, -0.15) is 0 Å². The Bertz CT molecular complexity index is 678. The van der Waals surface area contributed by atoms with E-state index in [4.69, 9.17) is 11.6 Å². The van der Waals surface area contributed by atoms with Crippen molar-refractivity contribution in [2.75, 3.05) is 13.1 Å². The van der Waals surface area contributed by atoms with Gasteiger partial charge in [-0.1, -0.05) is 12.1 Å². The van der Waals surface area contributed by atoms with E-state index in [9.17, 15) is 15.3 Å². The zero-order valence-electron chi connectivity index (χ0n) is 11.7. The minimum Gasteiger partial charge on any atom is -0.508 e. The summed E-state index contributed by atoms with van der Waals surface area (Å²) in [6.07, 6.45) is 0.718. The average Bonchev–Trinajstić information content (AvgIpc) is 2.61. The van der Waals surface area contributed by atoms with Crippen LogP contribution < -0.4 is 5.32 Å². The molecule has 0 bridgehead atoms. The van der Waals surface area contributed by atoms with Gasteiger partial charge in [0.15, 0.2) is 11.5 Å². The Hall–Kier alpha value is -1.43. The van der Waals surface area contributed by atoms with Gasteiger partial charge in [-0.15, -0.1) is 28.6 Å². The van der Waals surface area contributed by atoms with Crippen molar-refractivity contribution in [3.8, 4) is 17.2 Å². The van der Waals surface area contributed by atoms with Crippen molar-refractivity contribution in [1.29, 1.82) is 0 Å². The average molecular weight is 387 g/mol. The molecule has 1 heterocycles. The number of halogens is 2. The van der Waals surface area contributed by atoms with Crippen LogP contribution in [0.3, 0.4) is 0 Å². The van der Waals surface area contributed by atoms with Crippen molar-refractivity contribution in [2.24, 2.45) is 0 Å².